The van der Waals surface area contributed by atoms with E-state index in [9.17, 15) is 13.2 Å². The molecule has 27 heavy (non-hydrogen) atoms. The lowest BCUT2D eigenvalue weighted by Crippen LogP contribution is -2.57. The Morgan fingerprint density at radius 3 is 2.59 bits per heavy atom. The smallest absolute Gasteiger partial charge is 0.241 e. The van der Waals surface area contributed by atoms with Crippen LogP contribution in [0.4, 0.5) is 0 Å². The molecule has 0 bridgehead atoms. The lowest BCUT2D eigenvalue weighted by atomic mass is 9.95. The summed E-state index contributed by atoms with van der Waals surface area (Å²) in [6, 6.07) is 5.74. The average molecular weight is 399 g/mol. The molecule has 0 spiro atoms. The molecule has 1 heterocycles. The van der Waals surface area contributed by atoms with Gasteiger partial charge in [0, 0.05) is 25.0 Å². The highest BCUT2D eigenvalue weighted by atomic mass is 32.2. The number of aryl methyl sites for hydroxylation is 1. The van der Waals surface area contributed by atoms with Crippen LogP contribution in [-0.2, 0) is 25.9 Å². The maximum Gasteiger partial charge on any atom is 0.241 e. The van der Waals surface area contributed by atoms with Crippen molar-refractivity contribution in [1.82, 2.24) is 10.6 Å². The van der Waals surface area contributed by atoms with Crippen molar-refractivity contribution < 1.29 is 22.7 Å². The van der Waals surface area contributed by atoms with Gasteiger partial charge in [0.25, 0.3) is 0 Å². The minimum absolute atomic E-state index is 0.216. The minimum atomic E-state index is -3.53. The number of ether oxygens (including phenoxy) is 2. The van der Waals surface area contributed by atoms with Gasteiger partial charge in [-0.2, -0.15) is 0 Å². The van der Waals surface area contributed by atoms with Gasteiger partial charge in [-0.25, -0.2) is 8.42 Å². The normalized spacial score (nSPS) is 16.7. The van der Waals surface area contributed by atoms with E-state index in [1.54, 1.807) is 0 Å². The summed E-state index contributed by atoms with van der Waals surface area (Å²) >= 11 is 0. The van der Waals surface area contributed by atoms with Gasteiger partial charge in [0.1, 0.15) is 12.4 Å². The van der Waals surface area contributed by atoms with Crippen LogP contribution < -0.4 is 15.4 Å². The molecule has 0 aromatic heterocycles. The molecule has 0 radical (unpaired) electrons. The summed E-state index contributed by atoms with van der Waals surface area (Å²) < 4.78 is 34.4. The Bertz CT molecular complexity index is 742. The number of amides is 1. The maximum absolute atomic E-state index is 12.8. The molecule has 1 saturated heterocycles. The molecule has 2 rings (SSSR count). The van der Waals surface area contributed by atoms with Crippen LogP contribution in [0.3, 0.4) is 0 Å². The zero-order valence-corrected chi connectivity index (χ0v) is 17.2. The summed E-state index contributed by atoms with van der Waals surface area (Å²) in [4.78, 5) is 12.8. The molecule has 1 aliphatic heterocycles. The van der Waals surface area contributed by atoms with Crippen LogP contribution in [-0.4, -0.2) is 58.2 Å². The van der Waals surface area contributed by atoms with Gasteiger partial charge in [-0.1, -0.05) is 12.1 Å². The third-order valence-electron chi connectivity index (χ3n) is 4.89. The summed E-state index contributed by atoms with van der Waals surface area (Å²) in [6.07, 6.45) is 1.71. The molecule has 0 saturated carbocycles. The van der Waals surface area contributed by atoms with Crippen molar-refractivity contribution in [1.29, 1.82) is 0 Å². The standard InChI is InChI=1S/C19H30N2O5S/c1-4-25-11-12-26-17-13-15(2)5-6-16(17)14-21-18(22)19(27(3,23)24)7-9-20-10-8-19/h5-6,13,20H,4,7-12,14H2,1-3H3,(H,21,22). The number of sulfone groups is 1. The Labute approximate surface area is 161 Å². The average Bonchev–Trinajstić information content (AvgIpc) is 2.64. The van der Waals surface area contributed by atoms with Crippen molar-refractivity contribution in [3.63, 3.8) is 0 Å². The summed E-state index contributed by atoms with van der Waals surface area (Å²) in [5.41, 5.74) is 1.85. The molecule has 7 nitrogen and oxygen atoms in total. The predicted molar refractivity (Wildman–Crippen MR) is 105 cm³/mol. The molecular formula is C19H30N2O5S. The van der Waals surface area contributed by atoms with Crippen LogP contribution in [0.1, 0.15) is 30.9 Å². The van der Waals surface area contributed by atoms with E-state index in [1.807, 2.05) is 32.0 Å². The molecule has 1 amide bonds. The number of piperidine rings is 1. The summed E-state index contributed by atoms with van der Waals surface area (Å²) in [5, 5.41) is 5.93. The van der Waals surface area contributed by atoms with E-state index in [4.69, 9.17) is 9.47 Å². The molecule has 8 heteroatoms. The quantitative estimate of drug-likeness (QED) is 0.607. The Morgan fingerprint density at radius 1 is 1.26 bits per heavy atom. The number of hydrogen-bond donors (Lipinski definition) is 2. The number of rotatable bonds is 9. The van der Waals surface area contributed by atoms with Crippen molar-refractivity contribution >= 4 is 15.7 Å². The van der Waals surface area contributed by atoms with Crippen LogP contribution in [0.2, 0.25) is 0 Å². The van der Waals surface area contributed by atoms with Crippen molar-refractivity contribution in [3.05, 3.63) is 29.3 Å². The van der Waals surface area contributed by atoms with Crippen LogP contribution in [0, 0.1) is 6.92 Å². The van der Waals surface area contributed by atoms with Gasteiger partial charge in [0.05, 0.1) is 6.61 Å². The Hall–Kier alpha value is -1.64. The molecule has 0 aliphatic carbocycles. The SMILES string of the molecule is CCOCCOc1cc(C)ccc1CNC(=O)C1(S(C)(=O)=O)CCNCC1. The fourth-order valence-electron chi connectivity index (χ4n) is 3.23. The molecule has 0 unspecified atom stereocenters. The van der Waals surface area contributed by atoms with Crippen LogP contribution in [0.5, 0.6) is 5.75 Å². The van der Waals surface area contributed by atoms with Gasteiger partial charge in [0.15, 0.2) is 14.6 Å². The topological polar surface area (TPSA) is 93.7 Å². The van der Waals surface area contributed by atoms with E-state index in [1.165, 1.54) is 0 Å². The van der Waals surface area contributed by atoms with Crippen molar-refractivity contribution in [3.8, 4) is 5.75 Å². The Balaban J connectivity index is 2.09. The van der Waals surface area contributed by atoms with Crippen molar-refractivity contribution in [2.45, 2.75) is 38.0 Å². The third kappa shape index (κ3) is 5.43. The lowest BCUT2D eigenvalue weighted by molar-refractivity contribution is -0.124. The van der Waals surface area contributed by atoms with Gasteiger partial charge < -0.3 is 20.1 Å². The zero-order valence-electron chi connectivity index (χ0n) is 16.3. The molecule has 2 N–H and O–H groups in total. The highest BCUT2D eigenvalue weighted by molar-refractivity contribution is 7.92. The second kappa shape index (κ2) is 9.52. The van der Waals surface area contributed by atoms with Crippen LogP contribution >= 0.6 is 0 Å². The van der Waals surface area contributed by atoms with Crippen molar-refractivity contribution in [2.75, 3.05) is 39.2 Å². The summed E-state index contributed by atoms with van der Waals surface area (Å²) in [5.74, 6) is 0.237. The number of hydrogen-bond acceptors (Lipinski definition) is 6. The molecule has 1 aliphatic rings. The Kier molecular flexibility index (Phi) is 7.64. The largest absolute Gasteiger partial charge is 0.491 e. The van der Waals surface area contributed by atoms with Gasteiger partial charge in [-0.15, -0.1) is 0 Å². The molecule has 0 atom stereocenters. The molecule has 1 aromatic rings. The van der Waals surface area contributed by atoms with Gasteiger partial charge in [-0.05, 0) is 51.4 Å². The fraction of sp³-hybridized carbons (Fsp3) is 0.632. The lowest BCUT2D eigenvalue weighted by Gasteiger charge is -2.34. The van der Waals surface area contributed by atoms with Crippen LogP contribution in [0.15, 0.2) is 18.2 Å². The first kappa shape index (κ1) is 21.7. The maximum atomic E-state index is 12.8. The van der Waals surface area contributed by atoms with Gasteiger partial charge in [-0.3, -0.25) is 4.79 Å². The number of nitrogens with one attached hydrogen (secondary N) is 2. The summed E-state index contributed by atoms with van der Waals surface area (Å²) in [7, 11) is -3.53. The molecular weight excluding hydrogens is 368 g/mol. The summed E-state index contributed by atoms with van der Waals surface area (Å²) in [6.45, 7) is 6.65. The first-order valence-electron chi connectivity index (χ1n) is 9.29. The minimum Gasteiger partial charge on any atom is -0.491 e. The molecule has 1 aromatic carbocycles. The van der Waals surface area contributed by atoms with E-state index >= 15 is 0 Å². The molecule has 152 valence electrons. The second-order valence-electron chi connectivity index (χ2n) is 6.86. The zero-order chi connectivity index (χ0) is 19.9. The van der Waals surface area contributed by atoms with E-state index in [0.29, 0.717) is 38.7 Å². The number of carbonyl (C=O) groups excluding carboxylic acids is 1. The predicted octanol–water partition coefficient (Wildman–Crippen LogP) is 1.19. The monoisotopic (exact) mass is 398 g/mol. The first-order chi connectivity index (χ1) is 12.8. The van der Waals surface area contributed by atoms with E-state index in [-0.39, 0.29) is 19.4 Å². The highest BCUT2D eigenvalue weighted by Crippen LogP contribution is 2.28. The Morgan fingerprint density at radius 2 is 1.96 bits per heavy atom. The fourth-order valence-corrected chi connectivity index (χ4v) is 4.59. The van der Waals surface area contributed by atoms with E-state index < -0.39 is 20.5 Å². The number of carbonyl (C=O) groups is 1. The first-order valence-corrected chi connectivity index (χ1v) is 11.2. The van der Waals surface area contributed by atoms with Crippen molar-refractivity contribution in [2.24, 2.45) is 0 Å². The number of benzene rings is 1. The second-order valence-corrected chi connectivity index (χ2v) is 9.18. The van der Waals surface area contributed by atoms with Crippen LogP contribution in [0.25, 0.3) is 0 Å². The molecule has 1 fully saturated rings. The van der Waals surface area contributed by atoms with Gasteiger partial charge >= 0.3 is 0 Å². The van der Waals surface area contributed by atoms with E-state index in [2.05, 4.69) is 10.6 Å². The van der Waals surface area contributed by atoms with Gasteiger partial charge in [0.2, 0.25) is 5.91 Å². The highest BCUT2D eigenvalue weighted by Gasteiger charge is 2.48. The third-order valence-corrected chi connectivity index (χ3v) is 6.90. The van der Waals surface area contributed by atoms with E-state index in [0.717, 1.165) is 17.4 Å².